The van der Waals surface area contributed by atoms with E-state index in [2.05, 4.69) is 30.4 Å². The fraction of sp³-hybridized carbons (Fsp3) is 0.240. The number of benzene rings is 1. The van der Waals surface area contributed by atoms with E-state index in [4.69, 9.17) is 4.74 Å². The Labute approximate surface area is 187 Å². The molecule has 4 aromatic rings. The molecule has 1 aliphatic heterocycles. The molecule has 1 aliphatic rings. The van der Waals surface area contributed by atoms with Gasteiger partial charge in [-0.15, -0.1) is 0 Å². The van der Waals surface area contributed by atoms with Crippen molar-refractivity contribution in [1.82, 2.24) is 25.1 Å². The predicted octanol–water partition coefficient (Wildman–Crippen LogP) is 4.75. The summed E-state index contributed by atoms with van der Waals surface area (Å²) >= 11 is 0. The van der Waals surface area contributed by atoms with Crippen molar-refractivity contribution < 1.29 is 4.74 Å². The fourth-order valence-corrected chi connectivity index (χ4v) is 3.99. The Balaban J connectivity index is 1.28. The normalized spacial score (nSPS) is 13.9. The first kappa shape index (κ1) is 20.2. The molecule has 1 saturated heterocycles. The Kier molecular flexibility index (Phi) is 6.07. The van der Waals surface area contributed by atoms with Crippen LogP contribution in [0, 0.1) is 0 Å². The van der Waals surface area contributed by atoms with Crippen LogP contribution in [-0.2, 0) is 0 Å². The Morgan fingerprint density at radius 2 is 1.91 bits per heavy atom. The number of pyridine rings is 2. The van der Waals surface area contributed by atoms with Gasteiger partial charge in [0.15, 0.2) is 0 Å². The Bertz CT molecular complexity index is 1150. The number of nitrogens with zero attached hydrogens (tertiary/aromatic N) is 4. The molecule has 5 rings (SSSR count). The summed E-state index contributed by atoms with van der Waals surface area (Å²) in [4.78, 5) is 11.4. The van der Waals surface area contributed by atoms with Crippen molar-refractivity contribution >= 4 is 11.5 Å². The third-order valence-corrected chi connectivity index (χ3v) is 5.61. The zero-order valence-corrected chi connectivity index (χ0v) is 17.9. The van der Waals surface area contributed by atoms with Gasteiger partial charge in [0.25, 0.3) is 0 Å². The van der Waals surface area contributed by atoms with Crippen LogP contribution in [0.15, 0.2) is 73.2 Å². The number of anilines is 2. The van der Waals surface area contributed by atoms with Gasteiger partial charge in [-0.2, -0.15) is 5.10 Å². The highest BCUT2D eigenvalue weighted by Gasteiger charge is 2.12. The topological polar surface area (TPSA) is 79.0 Å². The molecule has 3 aromatic heterocycles. The molecule has 0 unspecified atom stereocenters. The fourth-order valence-electron chi connectivity index (χ4n) is 3.99. The first-order valence-electron chi connectivity index (χ1n) is 11.0. The molecular formula is C25H26N6O. The average Bonchev–Trinajstić information content (AvgIpc) is 3.53. The van der Waals surface area contributed by atoms with E-state index in [0.29, 0.717) is 6.61 Å². The van der Waals surface area contributed by atoms with Crippen molar-refractivity contribution in [2.24, 2.45) is 0 Å². The Morgan fingerprint density at radius 1 is 0.969 bits per heavy atom. The molecule has 162 valence electrons. The number of aromatic amines is 1. The molecule has 0 saturated carbocycles. The zero-order valence-electron chi connectivity index (χ0n) is 17.9. The lowest BCUT2D eigenvalue weighted by molar-refractivity contribution is 0.238. The van der Waals surface area contributed by atoms with Gasteiger partial charge in [-0.25, -0.2) is 4.98 Å². The Morgan fingerprint density at radius 3 is 2.78 bits per heavy atom. The number of likely N-dealkylation sites (tertiary alicyclic amines) is 1. The van der Waals surface area contributed by atoms with Crippen molar-refractivity contribution in [3.63, 3.8) is 0 Å². The maximum atomic E-state index is 5.97. The van der Waals surface area contributed by atoms with Gasteiger partial charge in [0.1, 0.15) is 18.2 Å². The summed E-state index contributed by atoms with van der Waals surface area (Å²) in [5.74, 6) is 1.61. The second-order valence-corrected chi connectivity index (χ2v) is 7.85. The van der Waals surface area contributed by atoms with E-state index >= 15 is 0 Å². The molecule has 0 bridgehead atoms. The summed E-state index contributed by atoms with van der Waals surface area (Å²) in [7, 11) is 0. The van der Waals surface area contributed by atoms with Crippen LogP contribution in [0.1, 0.15) is 12.8 Å². The molecule has 32 heavy (non-hydrogen) atoms. The molecule has 7 heteroatoms. The zero-order chi connectivity index (χ0) is 21.6. The van der Waals surface area contributed by atoms with Crippen LogP contribution in [0.4, 0.5) is 11.5 Å². The molecule has 0 spiro atoms. The van der Waals surface area contributed by atoms with Crippen LogP contribution in [0.25, 0.3) is 22.5 Å². The Hall–Kier alpha value is -3.71. The highest BCUT2D eigenvalue weighted by molar-refractivity contribution is 5.80. The van der Waals surface area contributed by atoms with Gasteiger partial charge in [0.2, 0.25) is 0 Å². The van der Waals surface area contributed by atoms with E-state index < -0.39 is 0 Å². The maximum Gasteiger partial charge on any atom is 0.130 e. The van der Waals surface area contributed by atoms with Crippen LogP contribution in [-0.4, -0.2) is 51.3 Å². The molecular weight excluding hydrogens is 400 g/mol. The lowest BCUT2D eigenvalue weighted by Gasteiger charge is -2.15. The summed E-state index contributed by atoms with van der Waals surface area (Å²) in [6.45, 7) is 4.05. The average molecular weight is 427 g/mol. The number of H-pyrrole nitrogens is 1. The summed E-state index contributed by atoms with van der Waals surface area (Å²) in [6.07, 6.45) is 7.99. The van der Waals surface area contributed by atoms with Crippen LogP contribution in [0.5, 0.6) is 5.75 Å². The number of nitrogens with one attached hydrogen (secondary N) is 2. The van der Waals surface area contributed by atoms with Gasteiger partial charge in [-0.3, -0.25) is 15.0 Å². The molecule has 4 heterocycles. The second-order valence-electron chi connectivity index (χ2n) is 7.85. The van der Waals surface area contributed by atoms with Crippen molar-refractivity contribution in [1.29, 1.82) is 0 Å². The molecule has 1 aromatic carbocycles. The number of aromatic nitrogens is 4. The smallest absolute Gasteiger partial charge is 0.130 e. The molecule has 0 atom stereocenters. The van der Waals surface area contributed by atoms with Crippen molar-refractivity contribution in [2.45, 2.75) is 12.8 Å². The summed E-state index contributed by atoms with van der Waals surface area (Å²) in [5.41, 5.74) is 4.66. The third-order valence-electron chi connectivity index (χ3n) is 5.61. The minimum absolute atomic E-state index is 0.702. The molecule has 1 fully saturated rings. The highest BCUT2D eigenvalue weighted by Crippen LogP contribution is 2.30. The van der Waals surface area contributed by atoms with Crippen molar-refractivity contribution in [3.8, 4) is 28.3 Å². The van der Waals surface area contributed by atoms with E-state index in [1.165, 1.54) is 25.9 Å². The lowest BCUT2D eigenvalue weighted by atomic mass is 10.1. The predicted molar refractivity (Wildman–Crippen MR) is 126 cm³/mol. The molecule has 2 N–H and O–H groups in total. The van der Waals surface area contributed by atoms with E-state index in [-0.39, 0.29) is 0 Å². The van der Waals surface area contributed by atoms with Crippen LogP contribution >= 0.6 is 0 Å². The summed E-state index contributed by atoms with van der Waals surface area (Å²) < 4.78 is 5.97. The molecule has 0 amide bonds. The van der Waals surface area contributed by atoms with Gasteiger partial charge in [-0.05, 0) is 67.9 Å². The number of hydrogen-bond donors (Lipinski definition) is 2. The van der Waals surface area contributed by atoms with Crippen molar-refractivity contribution in [2.75, 3.05) is 31.6 Å². The minimum Gasteiger partial charge on any atom is -0.492 e. The van der Waals surface area contributed by atoms with E-state index in [0.717, 1.165) is 46.3 Å². The van der Waals surface area contributed by atoms with Gasteiger partial charge >= 0.3 is 0 Å². The number of hydrogen-bond acceptors (Lipinski definition) is 6. The van der Waals surface area contributed by atoms with Gasteiger partial charge in [-0.1, -0.05) is 12.1 Å². The standard InChI is InChI=1S/C25H26N6O/c1-2-10-26-23(8-1)25-22(18-28-30-25)19-9-11-27-24(16-19)29-20-6-5-7-21(17-20)32-15-14-31-12-3-4-13-31/h1-2,5-11,16-18H,3-4,12-15H2,(H,27,29)(H,28,30). The molecule has 0 radical (unpaired) electrons. The summed E-state index contributed by atoms with van der Waals surface area (Å²) in [6, 6.07) is 17.8. The second kappa shape index (κ2) is 9.62. The quantitative estimate of drug-likeness (QED) is 0.423. The third kappa shape index (κ3) is 4.78. The monoisotopic (exact) mass is 426 g/mol. The van der Waals surface area contributed by atoms with Crippen LogP contribution in [0.2, 0.25) is 0 Å². The lowest BCUT2D eigenvalue weighted by Crippen LogP contribution is -2.25. The van der Waals surface area contributed by atoms with E-state index in [1.807, 2.05) is 60.8 Å². The summed E-state index contributed by atoms with van der Waals surface area (Å²) in [5, 5.41) is 10.7. The minimum atomic E-state index is 0.702. The van der Waals surface area contributed by atoms with Gasteiger partial charge < -0.3 is 10.1 Å². The number of rotatable bonds is 8. The molecule has 7 nitrogen and oxygen atoms in total. The van der Waals surface area contributed by atoms with Crippen molar-refractivity contribution in [3.05, 3.63) is 73.2 Å². The van der Waals surface area contributed by atoms with Gasteiger partial charge in [0, 0.05) is 36.3 Å². The number of ether oxygens (including phenoxy) is 1. The highest BCUT2D eigenvalue weighted by atomic mass is 16.5. The SMILES string of the molecule is c1ccc(-c2[nH]ncc2-c2ccnc(Nc3cccc(OCCN4CCCC4)c3)c2)nc1. The van der Waals surface area contributed by atoms with E-state index in [1.54, 1.807) is 12.4 Å². The van der Waals surface area contributed by atoms with Crippen LogP contribution in [0.3, 0.4) is 0 Å². The first-order chi connectivity index (χ1) is 15.8. The van der Waals surface area contributed by atoms with Crippen LogP contribution < -0.4 is 10.1 Å². The molecule has 0 aliphatic carbocycles. The largest absolute Gasteiger partial charge is 0.492 e. The van der Waals surface area contributed by atoms with E-state index in [9.17, 15) is 0 Å². The first-order valence-corrected chi connectivity index (χ1v) is 11.0. The maximum absolute atomic E-state index is 5.97. The van der Waals surface area contributed by atoms with Gasteiger partial charge in [0.05, 0.1) is 17.6 Å².